The summed E-state index contributed by atoms with van der Waals surface area (Å²) < 4.78 is 67.7. The molecule has 0 bridgehead atoms. The van der Waals surface area contributed by atoms with E-state index in [4.69, 9.17) is 0 Å². The number of nitrogens with zero attached hydrogens (tertiary/aromatic N) is 2. The van der Waals surface area contributed by atoms with Crippen LogP contribution in [0, 0.1) is 0 Å². The largest absolute Gasteiger partial charge is 0.573 e. The molecule has 9 heteroatoms. The third-order valence-electron chi connectivity index (χ3n) is 3.08. The zero-order valence-corrected chi connectivity index (χ0v) is 13.6. The van der Waals surface area contributed by atoms with Gasteiger partial charge in [-0.05, 0) is 19.9 Å². The summed E-state index contributed by atoms with van der Waals surface area (Å²) in [7, 11) is -1.05. The molecule has 126 valence electrons. The van der Waals surface area contributed by atoms with Crippen molar-refractivity contribution in [3.8, 4) is 5.75 Å². The Kier molecular flexibility index (Phi) is 5.82. The lowest BCUT2D eigenvalue weighted by atomic mass is 10.2. The maximum Gasteiger partial charge on any atom is 0.573 e. The number of hydrogen-bond donors (Lipinski definition) is 0. The third-order valence-corrected chi connectivity index (χ3v) is 5.14. The predicted molar refractivity (Wildman–Crippen MR) is 76.4 cm³/mol. The van der Waals surface area contributed by atoms with Gasteiger partial charge in [-0.15, -0.1) is 13.2 Å². The highest BCUT2D eigenvalue weighted by atomic mass is 32.2. The van der Waals surface area contributed by atoms with Crippen molar-refractivity contribution < 1.29 is 26.3 Å². The number of para-hydroxylation sites is 1. The molecule has 0 saturated heterocycles. The summed E-state index contributed by atoms with van der Waals surface area (Å²) >= 11 is 0. The van der Waals surface area contributed by atoms with Gasteiger partial charge in [0.1, 0.15) is 5.75 Å². The molecule has 0 amide bonds. The summed E-state index contributed by atoms with van der Waals surface area (Å²) in [5.74, 6) is -0.413. The van der Waals surface area contributed by atoms with Crippen LogP contribution in [0.3, 0.4) is 0 Å². The molecule has 0 fully saturated rings. The van der Waals surface area contributed by atoms with Crippen molar-refractivity contribution in [1.82, 2.24) is 8.61 Å². The van der Waals surface area contributed by atoms with Gasteiger partial charge in [-0.1, -0.05) is 18.2 Å². The molecule has 0 radical (unpaired) electrons. The second-order valence-corrected chi connectivity index (χ2v) is 7.12. The zero-order valence-electron chi connectivity index (χ0n) is 12.8. The second kappa shape index (κ2) is 6.84. The molecule has 0 aromatic heterocycles. The van der Waals surface area contributed by atoms with E-state index in [-0.39, 0.29) is 18.2 Å². The van der Waals surface area contributed by atoms with Crippen molar-refractivity contribution in [1.29, 1.82) is 0 Å². The van der Waals surface area contributed by atoms with Crippen molar-refractivity contribution >= 4 is 10.2 Å². The molecule has 1 rings (SSSR count). The smallest absolute Gasteiger partial charge is 0.405 e. The molecular weight excluding hydrogens is 321 g/mol. The van der Waals surface area contributed by atoms with Gasteiger partial charge in [0.15, 0.2) is 0 Å². The molecule has 0 aliphatic rings. The first-order chi connectivity index (χ1) is 9.95. The highest BCUT2D eigenvalue weighted by Crippen LogP contribution is 2.27. The van der Waals surface area contributed by atoms with Gasteiger partial charge < -0.3 is 4.74 Å². The lowest BCUT2D eigenvalue weighted by molar-refractivity contribution is -0.274. The maximum absolute atomic E-state index is 12.4. The van der Waals surface area contributed by atoms with Crippen molar-refractivity contribution in [2.75, 3.05) is 14.1 Å². The summed E-state index contributed by atoms with van der Waals surface area (Å²) in [5.41, 5.74) is 0.128. The van der Waals surface area contributed by atoms with Crippen LogP contribution in [0.25, 0.3) is 0 Å². The van der Waals surface area contributed by atoms with Crippen LogP contribution in [0.2, 0.25) is 0 Å². The van der Waals surface area contributed by atoms with E-state index in [9.17, 15) is 21.6 Å². The van der Waals surface area contributed by atoms with Crippen LogP contribution in [0.1, 0.15) is 19.4 Å². The van der Waals surface area contributed by atoms with Crippen LogP contribution in [-0.4, -0.2) is 43.5 Å². The number of ether oxygens (including phenoxy) is 1. The molecule has 5 nitrogen and oxygen atoms in total. The average Bonchev–Trinajstić information content (AvgIpc) is 2.38. The van der Waals surface area contributed by atoms with E-state index in [0.717, 1.165) is 14.7 Å². The molecule has 1 aromatic rings. The van der Waals surface area contributed by atoms with Gasteiger partial charge in [0.05, 0.1) is 0 Å². The van der Waals surface area contributed by atoms with Crippen LogP contribution in [0.5, 0.6) is 5.75 Å². The third kappa shape index (κ3) is 4.85. The fourth-order valence-corrected chi connectivity index (χ4v) is 2.94. The van der Waals surface area contributed by atoms with Crippen LogP contribution >= 0.6 is 0 Å². The minimum Gasteiger partial charge on any atom is -0.405 e. The molecule has 0 saturated carbocycles. The van der Waals surface area contributed by atoms with Crippen LogP contribution < -0.4 is 4.74 Å². The highest BCUT2D eigenvalue weighted by molar-refractivity contribution is 7.86. The number of halogens is 3. The molecule has 0 heterocycles. The fraction of sp³-hybridized carbons (Fsp3) is 0.538. The van der Waals surface area contributed by atoms with E-state index in [1.54, 1.807) is 13.8 Å². The lowest BCUT2D eigenvalue weighted by Gasteiger charge is -2.27. The summed E-state index contributed by atoms with van der Waals surface area (Å²) in [6.07, 6.45) is -4.83. The minimum atomic E-state index is -4.83. The number of benzene rings is 1. The Morgan fingerprint density at radius 2 is 1.73 bits per heavy atom. The summed E-state index contributed by atoms with van der Waals surface area (Å²) in [4.78, 5) is 0. The molecule has 0 aliphatic heterocycles. The molecule has 22 heavy (non-hydrogen) atoms. The van der Waals surface area contributed by atoms with Gasteiger partial charge in [-0.2, -0.15) is 17.0 Å². The van der Waals surface area contributed by atoms with Gasteiger partial charge in [0.2, 0.25) is 0 Å². The van der Waals surface area contributed by atoms with Crippen molar-refractivity contribution in [2.45, 2.75) is 32.8 Å². The topological polar surface area (TPSA) is 49.9 Å². The van der Waals surface area contributed by atoms with E-state index in [1.165, 1.54) is 32.3 Å². The van der Waals surface area contributed by atoms with Gasteiger partial charge in [0.25, 0.3) is 10.2 Å². The number of hydrogen-bond acceptors (Lipinski definition) is 3. The van der Waals surface area contributed by atoms with Crippen LogP contribution in [0.15, 0.2) is 24.3 Å². The zero-order chi connectivity index (χ0) is 17.1. The van der Waals surface area contributed by atoms with Crippen molar-refractivity contribution in [3.05, 3.63) is 29.8 Å². The number of alkyl halides is 3. The van der Waals surface area contributed by atoms with Gasteiger partial charge >= 0.3 is 6.36 Å². The predicted octanol–water partition coefficient (Wildman–Crippen LogP) is 2.60. The summed E-state index contributed by atoms with van der Waals surface area (Å²) in [6.45, 7) is 3.17. The summed E-state index contributed by atoms with van der Waals surface area (Å²) in [6, 6.07) is 5.18. The van der Waals surface area contributed by atoms with Crippen molar-refractivity contribution in [3.63, 3.8) is 0 Å². The molecule has 0 unspecified atom stereocenters. The molecular formula is C13H19F3N2O3S. The first-order valence-corrected chi connectivity index (χ1v) is 7.88. The Morgan fingerprint density at radius 3 is 2.23 bits per heavy atom. The van der Waals surface area contributed by atoms with E-state index in [1.807, 2.05) is 0 Å². The van der Waals surface area contributed by atoms with E-state index in [0.29, 0.717) is 0 Å². The Labute approximate surface area is 128 Å². The second-order valence-electron chi connectivity index (χ2n) is 5.03. The van der Waals surface area contributed by atoms with E-state index < -0.39 is 22.3 Å². The standard InChI is InChI=1S/C13H19F3N2O3S/c1-10(2)18(4)22(19,20)17(3)9-11-7-5-6-8-12(11)21-13(14,15)16/h5-8,10H,9H2,1-4H3. The quantitative estimate of drug-likeness (QED) is 0.800. The van der Waals surface area contributed by atoms with Crippen LogP contribution in [-0.2, 0) is 16.8 Å². The maximum atomic E-state index is 12.4. The Balaban J connectivity index is 3.00. The molecule has 0 aliphatic carbocycles. The Morgan fingerprint density at radius 1 is 1.18 bits per heavy atom. The van der Waals surface area contributed by atoms with Gasteiger partial charge in [0, 0.05) is 32.2 Å². The monoisotopic (exact) mass is 340 g/mol. The van der Waals surface area contributed by atoms with Gasteiger partial charge in [-0.25, -0.2) is 0 Å². The van der Waals surface area contributed by atoms with E-state index >= 15 is 0 Å². The van der Waals surface area contributed by atoms with Crippen molar-refractivity contribution in [2.24, 2.45) is 0 Å². The first kappa shape index (κ1) is 18.7. The SMILES string of the molecule is CC(C)N(C)S(=O)(=O)N(C)Cc1ccccc1OC(F)(F)F. The van der Waals surface area contributed by atoms with E-state index in [2.05, 4.69) is 4.74 Å². The fourth-order valence-electron chi connectivity index (χ4n) is 1.67. The number of rotatable bonds is 6. The molecule has 0 N–H and O–H groups in total. The summed E-state index contributed by atoms with van der Waals surface area (Å²) in [5, 5.41) is 0. The highest BCUT2D eigenvalue weighted by Gasteiger charge is 2.33. The Hall–Kier alpha value is -1.32. The molecule has 0 atom stereocenters. The normalized spacial score (nSPS) is 13.2. The Bertz CT molecular complexity index is 603. The lowest BCUT2D eigenvalue weighted by Crippen LogP contribution is -2.42. The molecule has 0 spiro atoms. The average molecular weight is 340 g/mol. The minimum absolute atomic E-state index is 0.128. The first-order valence-electron chi connectivity index (χ1n) is 6.48. The van der Waals surface area contributed by atoms with Crippen LogP contribution in [0.4, 0.5) is 13.2 Å². The van der Waals surface area contributed by atoms with Gasteiger partial charge in [-0.3, -0.25) is 0 Å². The molecule has 1 aromatic carbocycles.